The van der Waals surface area contributed by atoms with E-state index in [4.69, 9.17) is 0 Å². The van der Waals surface area contributed by atoms with Gasteiger partial charge in [0.2, 0.25) is 0 Å². The van der Waals surface area contributed by atoms with Crippen LogP contribution in [0.4, 0.5) is 0 Å². The second-order valence-corrected chi connectivity index (χ2v) is 9.00. The standard InChI is InChI=1S/C19H28O4S/c1-2-3-4-5-6-7-10-13-24(22,23)18-16-12-9-8-11-15(16)14-17(18)19(20)21/h8-9,11-12,17-18H,2-7,10,13-14H2,1H3,(H,20,21). The van der Waals surface area contributed by atoms with Gasteiger partial charge in [0.15, 0.2) is 9.84 Å². The second kappa shape index (κ2) is 8.65. The molecule has 134 valence electrons. The van der Waals surface area contributed by atoms with E-state index in [1.807, 2.05) is 12.1 Å². The Hall–Kier alpha value is -1.36. The lowest BCUT2D eigenvalue weighted by Gasteiger charge is -2.18. The Morgan fingerprint density at radius 2 is 1.71 bits per heavy atom. The minimum Gasteiger partial charge on any atom is -0.481 e. The summed E-state index contributed by atoms with van der Waals surface area (Å²) in [7, 11) is -3.45. The van der Waals surface area contributed by atoms with Crippen molar-refractivity contribution >= 4 is 15.8 Å². The van der Waals surface area contributed by atoms with Crippen molar-refractivity contribution in [2.24, 2.45) is 5.92 Å². The maximum absolute atomic E-state index is 12.8. The van der Waals surface area contributed by atoms with Gasteiger partial charge in [-0.1, -0.05) is 69.7 Å². The molecule has 1 aromatic rings. The Bertz CT molecular complexity index is 651. The van der Waals surface area contributed by atoms with Gasteiger partial charge >= 0.3 is 5.97 Å². The molecule has 0 bridgehead atoms. The third-order valence-corrected chi connectivity index (χ3v) is 7.12. The lowest BCUT2D eigenvalue weighted by molar-refractivity contribution is -0.141. The second-order valence-electron chi connectivity index (χ2n) is 6.76. The van der Waals surface area contributed by atoms with Crippen LogP contribution >= 0.6 is 0 Å². The molecule has 0 amide bonds. The largest absolute Gasteiger partial charge is 0.481 e. The minimum absolute atomic E-state index is 0.0869. The zero-order valence-electron chi connectivity index (χ0n) is 14.4. The van der Waals surface area contributed by atoms with Gasteiger partial charge in [0.25, 0.3) is 0 Å². The molecule has 0 aromatic heterocycles. The van der Waals surface area contributed by atoms with Crippen molar-refractivity contribution in [3.8, 4) is 0 Å². The molecule has 0 saturated carbocycles. The van der Waals surface area contributed by atoms with E-state index in [-0.39, 0.29) is 5.75 Å². The van der Waals surface area contributed by atoms with E-state index in [0.29, 0.717) is 18.4 Å². The molecule has 0 radical (unpaired) electrons. The van der Waals surface area contributed by atoms with E-state index in [1.54, 1.807) is 12.1 Å². The lowest BCUT2D eigenvalue weighted by Crippen LogP contribution is -2.26. The molecule has 5 heteroatoms. The number of fused-ring (bicyclic) bond motifs is 1. The van der Waals surface area contributed by atoms with Crippen LogP contribution in [0.15, 0.2) is 24.3 Å². The van der Waals surface area contributed by atoms with Crippen LogP contribution in [-0.4, -0.2) is 25.2 Å². The van der Waals surface area contributed by atoms with Crippen LogP contribution in [0, 0.1) is 5.92 Å². The Morgan fingerprint density at radius 3 is 2.38 bits per heavy atom. The number of hydrogen-bond acceptors (Lipinski definition) is 3. The number of aliphatic carboxylic acids is 1. The van der Waals surface area contributed by atoms with Gasteiger partial charge in [0.1, 0.15) is 5.25 Å². The Balaban J connectivity index is 1.98. The molecule has 1 aliphatic rings. The monoisotopic (exact) mass is 352 g/mol. The molecule has 2 atom stereocenters. The zero-order chi connectivity index (χ0) is 17.6. The molecule has 0 heterocycles. The van der Waals surface area contributed by atoms with Crippen LogP contribution in [0.2, 0.25) is 0 Å². The summed E-state index contributed by atoms with van der Waals surface area (Å²) in [5, 5.41) is 8.56. The number of unbranched alkanes of at least 4 members (excludes halogenated alkanes) is 6. The van der Waals surface area contributed by atoms with Gasteiger partial charge in [-0.25, -0.2) is 8.42 Å². The highest BCUT2D eigenvalue weighted by Crippen LogP contribution is 2.42. The first kappa shape index (κ1) is 19.0. The molecule has 0 spiro atoms. The Morgan fingerprint density at radius 1 is 1.08 bits per heavy atom. The first-order valence-electron chi connectivity index (χ1n) is 8.99. The summed E-state index contributed by atoms with van der Waals surface area (Å²) in [6.07, 6.45) is 7.68. The van der Waals surface area contributed by atoms with Crippen molar-refractivity contribution in [2.45, 2.75) is 63.5 Å². The van der Waals surface area contributed by atoms with Gasteiger partial charge in [0, 0.05) is 0 Å². The van der Waals surface area contributed by atoms with Gasteiger partial charge in [0.05, 0.1) is 11.7 Å². The molecule has 0 saturated heterocycles. The van der Waals surface area contributed by atoms with Crippen LogP contribution in [-0.2, 0) is 21.1 Å². The van der Waals surface area contributed by atoms with Crippen molar-refractivity contribution in [2.75, 3.05) is 5.75 Å². The third-order valence-electron chi connectivity index (χ3n) is 4.90. The molecule has 0 aliphatic heterocycles. The van der Waals surface area contributed by atoms with Crippen LogP contribution in [0.5, 0.6) is 0 Å². The molecule has 4 nitrogen and oxygen atoms in total. The lowest BCUT2D eigenvalue weighted by atomic mass is 10.1. The fourth-order valence-corrected chi connectivity index (χ4v) is 5.80. The fraction of sp³-hybridized carbons (Fsp3) is 0.632. The third kappa shape index (κ3) is 4.59. The summed E-state index contributed by atoms with van der Waals surface area (Å²) in [6, 6.07) is 7.24. The SMILES string of the molecule is CCCCCCCCCS(=O)(=O)C1c2ccccc2CC1C(=O)O. The highest BCUT2D eigenvalue weighted by atomic mass is 32.2. The molecule has 1 aromatic carbocycles. The van der Waals surface area contributed by atoms with E-state index < -0.39 is 27.0 Å². The summed E-state index contributed by atoms with van der Waals surface area (Å²) in [4.78, 5) is 11.5. The normalized spacial score (nSPS) is 20.0. The molecule has 24 heavy (non-hydrogen) atoms. The predicted octanol–water partition coefficient (Wildman–Crippen LogP) is 4.15. The number of sulfone groups is 1. The number of carbonyl (C=O) groups is 1. The molecular formula is C19H28O4S. The summed E-state index contributed by atoms with van der Waals surface area (Å²) in [5.41, 5.74) is 1.55. The van der Waals surface area contributed by atoms with Crippen molar-refractivity contribution < 1.29 is 18.3 Å². The number of benzene rings is 1. The van der Waals surface area contributed by atoms with E-state index >= 15 is 0 Å². The average molecular weight is 352 g/mol. The summed E-state index contributed by atoms with van der Waals surface area (Å²) >= 11 is 0. The number of hydrogen-bond donors (Lipinski definition) is 1. The van der Waals surface area contributed by atoms with Gasteiger partial charge < -0.3 is 5.11 Å². The van der Waals surface area contributed by atoms with Crippen LogP contribution in [0.25, 0.3) is 0 Å². The first-order chi connectivity index (χ1) is 11.5. The zero-order valence-corrected chi connectivity index (χ0v) is 15.2. The van der Waals surface area contributed by atoms with Crippen LogP contribution < -0.4 is 0 Å². The molecule has 2 rings (SSSR count). The van der Waals surface area contributed by atoms with Crippen LogP contribution in [0.1, 0.15) is 68.2 Å². The van der Waals surface area contributed by atoms with E-state index in [9.17, 15) is 18.3 Å². The fourth-order valence-electron chi connectivity index (χ4n) is 3.61. The van der Waals surface area contributed by atoms with Gasteiger partial charge in [-0.15, -0.1) is 0 Å². The molecule has 1 aliphatic carbocycles. The highest BCUT2D eigenvalue weighted by Gasteiger charge is 2.44. The first-order valence-corrected chi connectivity index (χ1v) is 10.7. The van der Waals surface area contributed by atoms with E-state index in [1.165, 1.54) is 19.3 Å². The maximum Gasteiger partial charge on any atom is 0.308 e. The molecule has 2 unspecified atom stereocenters. The van der Waals surface area contributed by atoms with Gasteiger partial charge in [-0.05, 0) is 24.0 Å². The summed E-state index contributed by atoms with van der Waals surface area (Å²) in [6.45, 7) is 2.17. The quantitative estimate of drug-likeness (QED) is 0.642. The molecular weight excluding hydrogens is 324 g/mol. The Kier molecular flexibility index (Phi) is 6.84. The van der Waals surface area contributed by atoms with Gasteiger partial charge in [-0.2, -0.15) is 0 Å². The number of carboxylic acids is 1. The average Bonchev–Trinajstić information content (AvgIpc) is 2.94. The van der Waals surface area contributed by atoms with Gasteiger partial charge in [-0.3, -0.25) is 4.79 Å². The Labute approximate surface area is 145 Å². The minimum atomic E-state index is -3.45. The predicted molar refractivity (Wildman–Crippen MR) is 95.8 cm³/mol. The smallest absolute Gasteiger partial charge is 0.308 e. The molecule has 0 fully saturated rings. The maximum atomic E-state index is 12.8. The number of rotatable bonds is 10. The van der Waals surface area contributed by atoms with E-state index in [0.717, 1.165) is 24.8 Å². The van der Waals surface area contributed by atoms with Crippen molar-refractivity contribution in [1.29, 1.82) is 0 Å². The van der Waals surface area contributed by atoms with E-state index in [2.05, 4.69) is 6.92 Å². The van der Waals surface area contributed by atoms with Crippen LogP contribution in [0.3, 0.4) is 0 Å². The summed E-state index contributed by atoms with van der Waals surface area (Å²) in [5.74, 6) is -1.78. The molecule has 1 N–H and O–H groups in total. The van der Waals surface area contributed by atoms with Crippen molar-refractivity contribution in [1.82, 2.24) is 0 Å². The number of carboxylic acid groups (broad SMARTS) is 1. The summed E-state index contributed by atoms with van der Waals surface area (Å²) < 4.78 is 25.6. The van der Waals surface area contributed by atoms with Crippen molar-refractivity contribution in [3.05, 3.63) is 35.4 Å². The highest BCUT2D eigenvalue weighted by molar-refractivity contribution is 7.91. The topological polar surface area (TPSA) is 71.4 Å². The van der Waals surface area contributed by atoms with Crippen molar-refractivity contribution in [3.63, 3.8) is 0 Å².